The van der Waals surface area contributed by atoms with Crippen LogP contribution in [0.1, 0.15) is 25.0 Å². The predicted molar refractivity (Wildman–Crippen MR) is 61.8 cm³/mol. The zero-order valence-electron chi connectivity index (χ0n) is 9.60. The number of rotatable bonds is 5. The highest BCUT2D eigenvalue weighted by Crippen LogP contribution is 2.22. The van der Waals surface area contributed by atoms with E-state index in [0.29, 0.717) is 5.56 Å². The van der Waals surface area contributed by atoms with Crippen molar-refractivity contribution >= 4 is 5.97 Å². The van der Waals surface area contributed by atoms with Gasteiger partial charge in [-0.2, -0.15) is 0 Å². The molecule has 3 nitrogen and oxygen atoms in total. The second-order valence-corrected chi connectivity index (χ2v) is 3.41. The fourth-order valence-electron chi connectivity index (χ4n) is 1.31. The van der Waals surface area contributed by atoms with Crippen molar-refractivity contribution in [2.75, 3.05) is 6.61 Å². The van der Waals surface area contributed by atoms with Crippen molar-refractivity contribution in [1.29, 1.82) is 0 Å². The lowest BCUT2D eigenvalue weighted by molar-refractivity contribution is -0.142. The van der Waals surface area contributed by atoms with E-state index in [1.807, 2.05) is 0 Å². The van der Waals surface area contributed by atoms with Gasteiger partial charge < -0.3 is 9.84 Å². The second-order valence-electron chi connectivity index (χ2n) is 3.41. The van der Waals surface area contributed by atoms with Crippen LogP contribution in [0.2, 0.25) is 0 Å². The number of esters is 1. The van der Waals surface area contributed by atoms with Crippen LogP contribution in [0.5, 0.6) is 0 Å². The van der Waals surface area contributed by atoms with Gasteiger partial charge in [-0.05, 0) is 18.6 Å². The molecule has 1 N–H and O–H groups in total. The van der Waals surface area contributed by atoms with Crippen LogP contribution in [0, 0.1) is 0 Å². The zero-order chi connectivity index (χ0) is 12.7. The Hall–Kier alpha value is -1.68. The number of hydrogen-bond acceptors (Lipinski definition) is 3. The number of aliphatic hydroxyl groups is 1. The van der Waals surface area contributed by atoms with Gasteiger partial charge in [0, 0.05) is 0 Å². The standard InChI is InChI=1S/C13H15FO3/c1-2-17-12(15)9-8-11(14)13(16)10-6-4-3-5-7-10/h3-8,13,16H,2,9H2,1H3/b11-8-. The highest BCUT2D eigenvalue weighted by atomic mass is 19.1. The summed E-state index contributed by atoms with van der Waals surface area (Å²) < 4.78 is 18.1. The molecule has 1 atom stereocenters. The molecular formula is C13H15FO3. The van der Waals surface area contributed by atoms with Gasteiger partial charge in [-0.1, -0.05) is 30.3 Å². The maximum Gasteiger partial charge on any atom is 0.309 e. The molecule has 0 aliphatic carbocycles. The van der Waals surface area contributed by atoms with Crippen LogP contribution in [-0.4, -0.2) is 17.7 Å². The van der Waals surface area contributed by atoms with E-state index in [9.17, 15) is 14.3 Å². The van der Waals surface area contributed by atoms with Crippen molar-refractivity contribution in [2.45, 2.75) is 19.4 Å². The molecule has 0 aromatic heterocycles. The summed E-state index contributed by atoms with van der Waals surface area (Å²) in [5, 5.41) is 9.64. The first-order valence-corrected chi connectivity index (χ1v) is 5.39. The second kappa shape index (κ2) is 6.81. The SMILES string of the molecule is CCOC(=O)C/C=C(\F)C(O)c1ccccc1. The Morgan fingerprint density at radius 3 is 2.71 bits per heavy atom. The summed E-state index contributed by atoms with van der Waals surface area (Å²) in [5.41, 5.74) is 0.449. The van der Waals surface area contributed by atoms with Gasteiger partial charge >= 0.3 is 5.97 Å². The first-order chi connectivity index (χ1) is 8.15. The molecule has 0 spiro atoms. The molecule has 0 saturated heterocycles. The van der Waals surface area contributed by atoms with E-state index in [2.05, 4.69) is 4.74 Å². The molecule has 1 rings (SSSR count). The third-order valence-corrected chi connectivity index (χ3v) is 2.15. The van der Waals surface area contributed by atoms with Gasteiger partial charge in [0.1, 0.15) is 11.9 Å². The van der Waals surface area contributed by atoms with Crippen LogP contribution in [0.25, 0.3) is 0 Å². The van der Waals surface area contributed by atoms with Crippen molar-refractivity contribution in [2.24, 2.45) is 0 Å². The molecule has 0 fully saturated rings. The third-order valence-electron chi connectivity index (χ3n) is 2.15. The number of benzene rings is 1. The lowest BCUT2D eigenvalue weighted by Crippen LogP contribution is -2.03. The van der Waals surface area contributed by atoms with E-state index >= 15 is 0 Å². The molecule has 0 saturated carbocycles. The Kier molecular flexibility index (Phi) is 5.36. The number of ether oxygens (including phenoxy) is 1. The molecule has 0 amide bonds. The summed E-state index contributed by atoms with van der Waals surface area (Å²) in [6, 6.07) is 8.41. The molecule has 1 aromatic carbocycles. The summed E-state index contributed by atoms with van der Waals surface area (Å²) in [4.78, 5) is 11.0. The van der Waals surface area contributed by atoms with Gasteiger partial charge in [0.2, 0.25) is 0 Å². The number of carbonyl (C=O) groups is 1. The average molecular weight is 238 g/mol. The maximum atomic E-state index is 13.5. The van der Waals surface area contributed by atoms with Crippen molar-refractivity contribution in [3.05, 3.63) is 47.8 Å². The molecule has 0 bridgehead atoms. The highest BCUT2D eigenvalue weighted by molar-refractivity contribution is 5.71. The van der Waals surface area contributed by atoms with Crippen molar-refractivity contribution in [3.63, 3.8) is 0 Å². The number of carbonyl (C=O) groups excluding carboxylic acids is 1. The molecule has 0 radical (unpaired) electrons. The maximum absolute atomic E-state index is 13.5. The Labute approximate surface area is 99.5 Å². The van der Waals surface area contributed by atoms with Gasteiger partial charge in [0.25, 0.3) is 0 Å². The lowest BCUT2D eigenvalue weighted by Gasteiger charge is -2.08. The topological polar surface area (TPSA) is 46.5 Å². The molecule has 0 heterocycles. The smallest absolute Gasteiger partial charge is 0.309 e. The number of hydrogen-bond donors (Lipinski definition) is 1. The largest absolute Gasteiger partial charge is 0.466 e. The van der Waals surface area contributed by atoms with E-state index < -0.39 is 17.9 Å². The minimum Gasteiger partial charge on any atom is -0.466 e. The van der Waals surface area contributed by atoms with E-state index in [1.54, 1.807) is 37.3 Å². The van der Waals surface area contributed by atoms with Gasteiger partial charge in [0.15, 0.2) is 0 Å². The molecule has 1 unspecified atom stereocenters. The number of halogens is 1. The predicted octanol–water partition coefficient (Wildman–Crippen LogP) is 2.53. The molecule has 0 aliphatic rings. The molecule has 17 heavy (non-hydrogen) atoms. The summed E-state index contributed by atoms with van der Waals surface area (Å²) in [6.07, 6.45) is -0.468. The molecule has 0 aliphatic heterocycles. The Bertz CT molecular complexity index is 387. The monoisotopic (exact) mass is 238 g/mol. The van der Waals surface area contributed by atoms with Crippen molar-refractivity contribution < 1.29 is 19.0 Å². The van der Waals surface area contributed by atoms with Gasteiger partial charge in [-0.3, -0.25) is 4.79 Å². The summed E-state index contributed by atoms with van der Waals surface area (Å²) in [7, 11) is 0. The fraction of sp³-hybridized carbons (Fsp3) is 0.308. The van der Waals surface area contributed by atoms with Gasteiger partial charge in [-0.25, -0.2) is 4.39 Å². The fourth-order valence-corrected chi connectivity index (χ4v) is 1.31. The molecule has 4 heteroatoms. The van der Waals surface area contributed by atoms with Crippen LogP contribution in [0.15, 0.2) is 42.2 Å². The van der Waals surface area contributed by atoms with Crippen LogP contribution < -0.4 is 0 Å². The first kappa shape index (κ1) is 13.4. The van der Waals surface area contributed by atoms with E-state index in [1.165, 1.54) is 0 Å². The highest BCUT2D eigenvalue weighted by Gasteiger charge is 2.13. The zero-order valence-corrected chi connectivity index (χ0v) is 9.60. The Morgan fingerprint density at radius 2 is 2.12 bits per heavy atom. The third kappa shape index (κ3) is 4.36. The normalized spacial score (nSPS) is 13.2. The van der Waals surface area contributed by atoms with Crippen LogP contribution in [0.4, 0.5) is 4.39 Å². The minimum atomic E-state index is -1.33. The van der Waals surface area contributed by atoms with E-state index in [4.69, 9.17) is 0 Å². The van der Waals surface area contributed by atoms with Gasteiger partial charge in [-0.15, -0.1) is 0 Å². The number of aliphatic hydroxyl groups excluding tert-OH is 1. The van der Waals surface area contributed by atoms with Crippen molar-refractivity contribution in [3.8, 4) is 0 Å². The van der Waals surface area contributed by atoms with Crippen LogP contribution in [-0.2, 0) is 9.53 Å². The molecule has 1 aromatic rings. The van der Waals surface area contributed by atoms with Crippen molar-refractivity contribution in [1.82, 2.24) is 0 Å². The Balaban J connectivity index is 2.60. The van der Waals surface area contributed by atoms with E-state index in [0.717, 1.165) is 6.08 Å². The summed E-state index contributed by atoms with van der Waals surface area (Å²) in [6.45, 7) is 1.94. The Morgan fingerprint density at radius 1 is 1.47 bits per heavy atom. The first-order valence-electron chi connectivity index (χ1n) is 5.39. The summed E-state index contributed by atoms with van der Waals surface area (Å²) >= 11 is 0. The molecular weight excluding hydrogens is 223 g/mol. The molecule has 92 valence electrons. The van der Waals surface area contributed by atoms with Crippen LogP contribution >= 0.6 is 0 Å². The van der Waals surface area contributed by atoms with Crippen LogP contribution in [0.3, 0.4) is 0 Å². The van der Waals surface area contributed by atoms with E-state index in [-0.39, 0.29) is 13.0 Å². The summed E-state index contributed by atoms with van der Waals surface area (Å²) in [5.74, 6) is -1.26. The minimum absolute atomic E-state index is 0.177. The lowest BCUT2D eigenvalue weighted by atomic mass is 10.1. The average Bonchev–Trinajstić information content (AvgIpc) is 2.36. The van der Waals surface area contributed by atoms with Gasteiger partial charge in [0.05, 0.1) is 13.0 Å². The quantitative estimate of drug-likeness (QED) is 0.802.